The molecule has 1 saturated heterocycles. The Labute approximate surface area is 110 Å². The maximum absolute atomic E-state index is 12.1. The van der Waals surface area contributed by atoms with Crippen molar-refractivity contribution in [2.75, 3.05) is 26.2 Å². The first kappa shape index (κ1) is 14.2. The average Bonchev–Trinajstić information content (AvgIpc) is 3.19. The van der Waals surface area contributed by atoms with E-state index in [1.807, 2.05) is 0 Å². The first-order chi connectivity index (χ1) is 8.62. The van der Waals surface area contributed by atoms with Crippen LogP contribution in [0.25, 0.3) is 0 Å². The second-order valence-electron chi connectivity index (χ2n) is 5.59. The minimum atomic E-state index is -3.28. The van der Waals surface area contributed by atoms with Crippen molar-refractivity contribution in [2.24, 2.45) is 17.6 Å². The van der Waals surface area contributed by atoms with Gasteiger partial charge in [-0.2, -0.15) is 12.7 Å². The van der Waals surface area contributed by atoms with E-state index in [9.17, 15) is 8.42 Å². The van der Waals surface area contributed by atoms with E-state index in [0.717, 1.165) is 31.6 Å². The maximum atomic E-state index is 12.1. The number of nitrogens with zero attached hydrogens (tertiary/aromatic N) is 1. The molecule has 0 aromatic carbocycles. The molecule has 2 aliphatic rings. The monoisotopic (exact) mass is 275 g/mol. The van der Waals surface area contributed by atoms with Gasteiger partial charge in [0, 0.05) is 19.6 Å². The number of hydrogen-bond donors (Lipinski definition) is 2. The van der Waals surface area contributed by atoms with Crippen molar-refractivity contribution >= 4 is 10.2 Å². The highest BCUT2D eigenvalue weighted by atomic mass is 32.2. The molecule has 1 heterocycles. The summed E-state index contributed by atoms with van der Waals surface area (Å²) in [5, 5.41) is 0. The van der Waals surface area contributed by atoms with Crippen LogP contribution in [0.4, 0.5) is 0 Å². The molecular weight excluding hydrogens is 250 g/mol. The van der Waals surface area contributed by atoms with E-state index in [1.165, 1.54) is 12.8 Å². The lowest BCUT2D eigenvalue weighted by Gasteiger charge is -2.31. The van der Waals surface area contributed by atoms with Crippen LogP contribution in [-0.2, 0) is 10.2 Å². The van der Waals surface area contributed by atoms with Gasteiger partial charge in [0.1, 0.15) is 0 Å². The van der Waals surface area contributed by atoms with E-state index in [4.69, 9.17) is 5.73 Å². The molecule has 6 heteroatoms. The lowest BCUT2D eigenvalue weighted by Crippen LogP contribution is -2.47. The zero-order valence-electron chi connectivity index (χ0n) is 11.0. The molecule has 0 spiro atoms. The molecule has 2 rings (SSSR count). The molecule has 1 unspecified atom stereocenters. The van der Waals surface area contributed by atoms with Gasteiger partial charge in [-0.15, -0.1) is 0 Å². The number of nitrogens with two attached hydrogens (primary N) is 1. The second-order valence-corrected chi connectivity index (χ2v) is 7.34. The molecule has 1 atom stereocenters. The van der Waals surface area contributed by atoms with Crippen molar-refractivity contribution in [3.05, 3.63) is 0 Å². The fourth-order valence-corrected chi connectivity index (χ4v) is 3.89. The number of nitrogens with one attached hydrogen (secondary N) is 1. The van der Waals surface area contributed by atoms with Crippen molar-refractivity contribution in [3.8, 4) is 0 Å². The lowest BCUT2D eigenvalue weighted by molar-refractivity contribution is 0.268. The van der Waals surface area contributed by atoms with Gasteiger partial charge in [0.25, 0.3) is 10.2 Å². The molecule has 3 N–H and O–H groups in total. The molecule has 0 radical (unpaired) electrons. The van der Waals surface area contributed by atoms with Gasteiger partial charge in [-0.25, -0.2) is 4.72 Å². The zero-order chi connectivity index (χ0) is 13.0. The quantitative estimate of drug-likeness (QED) is 0.671. The minimum Gasteiger partial charge on any atom is -0.330 e. The highest BCUT2D eigenvalue weighted by molar-refractivity contribution is 7.87. The van der Waals surface area contributed by atoms with E-state index in [-0.39, 0.29) is 0 Å². The van der Waals surface area contributed by atoms with Gasteiger partial charge in [0.15, 0.2) is 0 Å². The van der Waals surface area contributed by atoms with Crippen LogP contribution in [0.5, 0.6) is 0 Å². The Bertz CT molecular complexity index is 354. The van der Waals surface area contributed by atoms with Crippen LogP contribution in [0.3, 0.4) is 0 Å². The largest absolute Gasteiger partial charge is 0.330 e. The molecule has 5 nitrogen and oxygen atoms in total. The summed E-state index contributed by atoms with van der Waals surface area (Å²) in [6.07, 6.45) is 6.75. The summed E-state index contributed by atoms with van der Waals surface area (Å²) in [5.74, 6) is 1.19. The smallest absolute Gasteiger partial charge is 0.279 e. The molecule has 1 saturated carbocycles. The predicted molar refractivity (Wildman–Crippen MR) is 72.2 cm³/mol. The second kappa shape index (κ2) is 6.32. The maximum Gasteiger partial charge on any atom is 0.279 e. The topological polar surface area (TPSA) is 75.4 Å². The van der Waals surface area contributed by atoms with Gasteiger partial charge in [-0.3, -0.25) is 0 Å². The first-order valence-electron chi connectivity index (χ1n) is 7.06. The zero-order valence-corrected chi connectivity index (χ0v) is 11.8. The Balaban J connectivity index is 1.73. The van der Waals surface area contributed by atoms with E-state index in [2.05, 4.69) is 4.72 Å². The van der Waals surface area contributed by atoms with Crippen molar-refractivity contribution in [1.82, 2.24) is 9.03 Å². The summed E-state index contributed by atoms with van der Waals surface area (Å²) in [5.41, 5.74) is 5.63. The van der Waals surface area contributed by atoms with E-state index >= 15 is 0 Å². The van der Waals surface area contributed by atoms with Crippen molar-refractivity contribution < 1.29 is 8.42 Å². The summed E-state index contributed by atoms with van der Waals surface area (Å²) in [4.78, 5) is 0. The van der Waals surface area contributed by atoms with Gasteiger partial charge in [0.2, 0.25) is 0 Å². The number of hydrogen-bond acceptors (Lipinski definition) is 3. The fourth-order valence-electron chi connectivity index (χ4n) is 2.53. The van der Waals surface area contributed by atoms with E-state index < -0.39 is 10.2 Å². The summed E-state index contributed by atoms with van der Waals surface area (Å²) in [6, 6.07) is 0. The Morgan fingerprint density at radius 1 is 1.22 bits per heavy atom. The Kier molecular flexibility index (Phi) is 5.00. The molecule has 2 fully saturated rings. The van der Waals surface area contributed by atoms with Gasteiger partial charge in [-0.1, -0.05) is 12.8 Å². The van der Waals surface area contributed by atoms with Crippen molar-refractivity contribution in [1.29, 1.82) is 0 Å². The molecule has 1 aliphatic carbocycles. The Morgan fingerprint density at radius 3 is 2.67 bits per heavy atom. The van der Waals surface area contributed by atoms with Crippen LogP contribution in [-0.4, -0.2) is 38.9 Å². The number of piperidine rings is 1. The first-order valence-corrected chi connectivity index (χ1v) is 8.50. The summed E-state index contributed by atoms with van der Waals surface area (Å²) >= 11 is 0. The van der Waals surface area contributed by atoms with E-state index in [1.54, 1.807) is 4.31 Å². The van der Waals surface area contributed by atoms with Gasteiger partial charge >= 0.3 is 0 Å². The van der Waals surface area contributed by atoms with Crippen LogP contribution in [0.1, 0.15) is 38.5 Å². The summed E-state index contributed by atoms with van der Waals surface area (Å²) in [6.45, 7) is 2.36. The fraction of sp³-hybridized carbons (Fsp3) is 1.00. The molecule has 0 bridgehead atoms. The number of rotatable bonds is 7. The molecule has 0 aromatic heterocycles. The third kappa shape index (κ3) is 4.19. The molecule has 106 valence electrons. The molecule has 18 heavy (non-hydrogen) atoms. The molecule has 0 aromatic rings. The molecule has 0 amide bonds. The van der Waals surface area contributed by atoms with Gasteiger partial charge in [0.05, 0.1) is 0 Å². The lowest BCUT2D eigenvalue weighted by atomic mass is 10.0. The summed E-state index contributed by atoms with van der Waals surface area (Å²) < 4.78 is 28.4. The average molecular weight is 275 g/mol. The van der Waals surface area contributed by atoms with Gasteiger partial charge in [-0.05, 0) is 44.1 Å². The van der Waals surface area contributed by atoms with Gasteiger partial charge < -0.3 is 5.73 Å². The Hall–Kier alpha value is -0.170. The van der Waals surface area contributed by atoms with Crippen molar-refractivity contribution in [2.45, 2.75) is 38.5 Å². The van der Waals surface area contributed by atoms with Crippen LogP contribution in [0.2, 0.25) is 0 Å². The predicted octanol–water partition coefficient (Wildman–Crippen LogP) is 0.682. The van der Waals surface area contributed by atoms with E-state index in [0.29, 0.717) is 32.1 Å². The van der Waals surface area contributed by atoms with Crippen molar-refractivity contribution in [3.63, 3.8) is 0 Å². The third-order valence-corrected chi connectivity index (χ3v) is 5.51. The Morgan fingerprint density at radius 2 is 2.00 bits per heavy atom. The SMILES string of the molecule is NCC1CCCN(S(=O)(=O)NCCCC2CC2)C1. The third-order valence-electron chi connectivity index (χ3n) is 3.93. The van der Waals surface area contributed by atoms with Crippen LogP contribution < -0.4 is 10.5 Å². The highest BCUT2D eigenvalue weighted by Gasteiger charge is 2.28. The standard InChI is InChI=1S/C12H25N3O2S/c13-9-12-4-2-8-15(10-12)18(16,17)14-7-1-3-11-5-6-11/h11-12,14H,1-10,13H2. The van der Waals surface area contributed by atoms with Crippen LogP contribution in [0, 0.1) is 11.8 Å². The summed E-state index contributed by atoms with van der Waals surface area (Å²) in [7, 11) is -3.28. The highest BCUT2D eigenvalue weighted by Crippen LogP contribution is 2.33. The molecular formula is C12H25N3O2S. The molecule has 1 aliphatic heterocycles. The van der Waals surface area contributed by atoms with Crippen LogP contribution in [0.15, 0.2) is 0 Å². The normalized spacial score (nSPS) is 26.4. The minimum absolute atomic E-state index is 0.321. The van der Waals surface area contributed by atoms with Crippen LogP contribution >= 0.6 is 0 Å².